The molecule has 0 aromatic carbocycles. The average Bonchev–Trinajstić information content (AvgIpc) is 3.12. The van der Waals surface area contributed by atoms with Gasteiger partial charge in [-0.1, -0.05) is 0 Å². The van der Waals surface area contributed by atoms with E-state index in [0.29, 0.717) is 0 Å². The number of hydrogen-bond donors (Lipinski definition) is 1. The molecule has 2 aromatic rings. The second-order valence-corrected chi connectivity index (χ2v) is 5.34. The van der Waals surface area contributed by atoms with Crippen molar-refractivity contribution in [3.05, 3.63) is 29.0 Å². The summed E-state index contributed by atoms with van der Waals surface area (Å²) in [6.45, 7) is 2.97. The lowest BCUT2D eigenvalue weighted by Crippen LogP contribution is -2.14. The molecule has 0 aliphatic heterocycles. The van der Waals surface area contributed by atoms with Crippen LogP contribution in [-0.4, -0.2) is 21.0 Å². The van der Waals surface area contributed by atoms with Crippen molar-refractivity contribution in [2.45, 2.75) is 32.4 Å². The number of aryl methyl sites for hydroxylation is 1. The van der Waals surface area contributed by atoms with Crippen LogP contribution in [0.2, 0.25) is 0 Å². The first-order valence-corrected chi connectivity index (χ1v) is 6.61. The first-order valence-electron chi connectivity index (χ1n) is 5.80. The Bertz CT molecular complexity index is 504. The summed E-state index contributed by atoms with van der Waals surface area (Å²) in [4.78, 5) is 14.3. The summed E-state index contributed by atoms with van der Waals surface area (Å²) in [6.07, 6.45) is 6.13. The maximum Gasteiger partial charge on any atom is 0.188 e. The molecule has 2 aromatic heterocycles. The van der Waals surface area contributed by atoms with E-state index in [1.54, 1.807) is 23.7 Å². The van der Waals surface area contributed by atoms with Gasteiger partial charge in [-0.25, -0.2) is 15.0 Å². The summed E-state index contributed by atoms with van der Waals surface area (Å²) in [5, 5.41) is 4.42. The zero-order valence-corrected chi connectivity index (χ0v) is 10.5. The van der Waals surface area contributed by atoms with Gasteiger partial charge in [-0.3, -0.25) is 0 Å². The molecule has 3 rings (SSSR count). The standard InChI is InChI=1S/C12H14N4S/c1-8-10(7-15-9-3-4-9)17-12(16-8)11-13-5-2-6-14-11/h2,5-6,9,15H,3-4,7H2,1H3. The van der Waals surface area contributed by atoms with Crippen molar-refractivity contribution in [3.63, 3.8) is 0 Å². The summed E-state index contributed by atoms with van der Waals surface area (Å²) in [5.74, 6) is 0.721. The van der Waals surface area contributed by atoms with Crippen LogP contribution in [0.5, 0.6) is 0 Å². The zero-order valence-electron chi connectivity index (χ0n) is 9.68. The third-order valence-electron chi connectivity index (χ3n) is 2.78. The Morgan fingerprint density at radius 2 is 2.12 bits per heavy atom. The lowest BCUT2D eigenvalue weighted by molar-refractivity contribution is 0.691. The Labute approximate surface area is 104 Å². The molecule has 0 bridgehead atoms. The summed E-state index contributed by atoms with van der Waals surface area (Å²) in [7, 11) is 0. The quantitative estimate of drug-likeness (QED) is 0.898. The third kappa shape index (κ3) is 2.50. The zero-order chi connectivity index (χ0) is 11.7. The number of hydrogen-bond acceptors (Lipinski definition) is 5. The molecule has 4 nitrogen and oxygen atoms in total. The number of aromatic nitrogens is 3. The molecule has 0 unspecified atom stereocenters. The minimum atomic E-state index is 0.721. The summed E-state index contributed by atoms with van der Waals surface area (Å²) < 4.78 is 0. The average molecular weight is 246 g/mol. The maximum absolute atomic E-state index is 4.53. The lowest BCUT2D eigenvalue weighted by Gasteiger charge is -1.99. The van der Waals surface area contributed by atoms with Crippen LogP contribution < -0.4 is 5.32 Å². The molecule has 17 heavy (non-hydrogen) atoms. The second-order valence-electron chi connectivity index (χ2n) is 4.26. The fraction of sp³-hybridized carbons (Fsp3) is 0.417. The molecule has 0 radical (unpaired) electrons. The molecule has 1 aliphatic carbocycles. The molecular weight excluding hydrogens is 232 g/mol. The van der Waals surface area contributed by atoms with Crippen LogP contribution in [-0.2, 0) is 6.54 Å². The van der Waals surface area contributed by atoms with Gasteiger partial charge in [0.2, 0.25) is 0 Å². The van der Waals surface area contributed by atoms with Crippen LogP contribution in [0.15, 0.2) is 18.5 Å². The topological polar surface area (TPSA) is 50.7 Å². The minimum Gasteiger partial charge on any atom is -0.309 e. The van der Waals surface area contributed by atoms with Crippen LogP contribution in [0.3, 0.4) is 0 Å². The number of rotatable bonds is 4. The van der Waals surface area contributed by atoms with Crippen molar-refractivity contribution < 1.29 is 0 Å². The van der Waals surface area contributed by atoms with Crippen molar-refractivity contribution >= 4 is 11.3 Å². The van der Waals surface area contributed by atoms with Crippen molar-refractivity contribution in [2.24, 2.45) is 0 Å². The van der Waals surface area contributed by atoms with Gasteiger partial charge in [0.15, 0.2) is 10.8 Å². The van der Waals surface area contributed by atoms with Crippen LogP contribution >= 0.6 is 11.3 Å². The highest BCUT2D eigenvalue weighted by atomic mass is 32.1. The normalized spacial score (nSPS) is 15.1. The summed E-state index contributed by atoms with van der Waals surface area (Å²) >= 11 is 1.68. The Morgan fingerprint density at radius 3 is 2.82 bits per heavy atom. The smallest absolute Gasteiger partial charge is 0.188 e. The maximum atomic E-state index is 4.53. The van der Waals surface area contributed by atoms with Gasteiger partial charge in [0.05, 0.1) is 5.69 Å². The van der Waals surface area contributed by atoms with E-state index in [9.17, 15) is 0 Å². The molecular formula is C12H14N4S. The second kappa shape index (κ2) is 4.50. The van der Waals surface area contributed by atoms with Crippen LogP contribution in [0.4, 0.5) is 0 Å². The fourth-order valence-electron chi connectivity index (χ4n) is 1.62. The van der Waals surface area contributed by atoms with Gasteiger partial charge < -0.3 is 5.32 Å². The van der Waals surface area contributed by atoms with Crippen LogP contribution in [0.1, 0.15) is 23.4 Å². The van der Waals surface area contributed by atoms with E-state index in [2.05, 4.69) is 20.3 Å². The van der Waals surface area contributed by atoms with Gasteiger partial charge in [-0.2, -0.15) is 0 Å². The van der Waals surface area contributed by atoms with Gasteiger partial charge in [0.1, 0.15) is 0 Å². The largest absolute Gasteiger partial charge is 0.309 e. The van der Waals surface area contributed by atoms with E-state index in [1.165, 1.54) is 17.7 Å². The van der Waals surface area contributed by atoms with E-state index in [0.717, 1.165) is 29.1 Å². The van der Waals surface area contributed by atoms with Crippen molar-refractivity contribution in [2.75, 3.05) is 0 Å². The van der Waals surface area contributed by atoms with Gasteiger partial charge in [-0.05, 0) is 25.8 Å². The van der Waals surface area contributed by atoms with Crippen molar-refractivity contribution in [3.8, 4) is 10.8 Å². The van der Waals surface area contributed by atoms with Crippen molar-refractivity contribution in [1.29, 1.82) is 0 Å². The highest BCUT2D eigenvalue weighted by molar-refractivity contribution is 7.15. The monoisotopic (exact) mass is 246 g/mol. The Kier molecular flexibility index (Phi) is 2.86. The molecule has 0 spiro atoms. The number of nitrogens with one attached hydrogen (secondary N) is 1. The third-order valence-corrected chi connectivity index (χ3v) is 3.93. The fourth-order valence-corrected chi connectivity index (χ4v) is 2.58. The molecule has 5 heteroatoms. The molecule has 0 amide bonds. The predicted molar refractivity (Wildman–Crippen MR) is 67.7 cm³/mol. The first-order chi connectivity index (χ1) is 8.33. The van der Waals surface area contributed by atoms with Crippen LogP contribution in [0.25, 0.3) is 10.8 Å². The first kappa shape index (κ1) is 10.8. The van der Waals surface area contributed by atoms with E-state index in [-0.39, 0.29) is 0 Å². The van der Waals surface area contributed by atoms with E-state index >= 15 is 0 Å². The van der Waals surface area contributed by atoms with Gasteiger partial charge in [-0.15, -0.1) is 11.3 Å². The van der Waals surface area contributed by atoms with Gasteiger partial charge >= 0.3 is 0 Å². The van der Waals surface area contributed by atoms with E-state index in [4.69, 9.17) is 0 Å². The molecule has 1 saturated carbocycles. The molecule has 0 atom stereocenters. The van der Waals surface area contributed by atoms with Gasteiger partial charge in [0, 0.05) is 29.9 Å². The number of nitrogens with zero attached hydrogens (tertiary/aromatic N) is 3. The van der Waals surface area contributed by atoms with E-state index < -0.39 is 0 Å². The highest BCUT2D eigenvalue weighted by Gasteiger charge is 2.21. The SMILES string of the molecule is Cc1nc(-c2ncccn2)sc1CNC1CC1. The Balaban J connectivity index is 1.79. The minimum absolute atomic E-state index is 0.721. The molecule has 1 fully saturated rings. The molecule has 1 aliphatic rings. The summed E-state index contributed by atoms with van der Waals surface area (Å²) in [5.41, 5.74) is 1.09. The number of thiazole rings is 1. The van der Waals surface area contributed by atoms with E-state index in [1.807, 2.05) is 13.0 Å². The van der Waals surface area contributed by atoms with Crippen LogP contribution in [0, 0.1) is 6.92 Å². The summed E-state index contributed by atoms with van der Waals surface area (Å²) in [6, 6.07) is 2.55. The molecule has 1 N–H and O–H groups in total. The lowest BCUT2D eigenvalue weighted by atomic mass is 10.4. The molecule has 2 heterocycles. The Hall–Kier alpha value is -1.33. The van der Waals surface area contributed by atoms with Crippen molar-refractivity contribution in [1.82, 2.24) is 20.3 Å². The molecule has 0 saturated heterocycles. The molecule has 88 valence electrons. The van der Waals surface area contributed by atoms with Gasteiger partial charge in [0.25, 0.3) is 0 Å². The highest BCUT2D eigenvalue weighted by Crippen LogP contribution is 2.26. The predicted octanol–water partition coefficient (Wildman–Crippen LogP) is 2.16. The Morgan fingerprint density at radius 1 is 1.35 bits per heavy atom.